The van der Waals surface area contributed by atoms with Crippen LogP contribution < -0.4 is 10.6 Å². The van der Waals surface area contributed by atoms with Crippen molar-refractivity contribution in [2.75, 3.05) is 20.2 Å². The summed E-state index contributed by atoms with van der Waals surface area (Å²) in [4.78, 5) is 23.4. The first-order chi connectivity index (χ1) is 9.52. The molecule has 0 aromatic carbocycles. The summed E-state index contributed by atoms with van der Waals surface area (Å²) < 4.78 is 10.1. The van der Waals surface area contributed by atoms with E-state index in [1.807, 2.05) is 6.92 Å². The van der Waals surface area contributed by atoms with Gasteiger partial charge in [0.25, 0.3) is 0 Å². The number of amides is 1. The SMILES string of the molecule is COC(=O)c1cc(CNC(=O)C(C)C2CNC2)oc1C. The molecule has 1 atom stereocenters. The second-order valence-electron chi connectivity index (χ2n) is 5.10. The largest absolute Gasteiger partial charge is 0.465 e. The Bertz CT molecular complexity index is 505. The van der Waals surface area contributed by atoms with Gasteiger partial charge in [-0.2, -0.15) is 0 Å². The van der Waals surface area contributed by atoms with Crippen LogP contribution in [-0.2, 0) is 16.1 Å². The zero-order chi connectivity index (χ0) is 14.7. The summed E-state index contributed by atoms with van der Waals surface area (Å²) >= 11 is 0. The monoisotopic (exact) mass is 280 g/mol. The van der Waals surface area contributed by atoms with E-state index in [-0.39, 0.29) is 18.4 Å². The first-order valence-electron chi connectivity index (χ1n) is 6.69. The number of aryl methyl sites for hydroxylation is 1. The van der Waals surface area contributed by atoms with Gasteiger partial charge >= 0.3 is 5.97 Å². The van der Waals surface area contributed by atoms with E-state index in [0.717, 1.165) is 13.1 Å². The highest BCUT2D eigenvalue weighted by molar-refractivity contribution is 5.90. The van der Waals surface area contributed by atoms with Crippen molar-refractivity contribution in [3.05, 3.63) is 23.2 Å². The number of hydrogen-bond donors (Lipinski definition) is 2. The molecule has 1 aromatic heterocycles. The molecule has 20 heavy (non-hydrogen) atoms. The zero-order valence-electron chi connectivity index (χ0n) is 12.0. The van der Waals surface area contributed by atoms with Crippen LogP contribution in [0.15, 0.2) is 10.5 Å². The molecule has 1 saturated heterocycles. The maximum atomic E-state index is 12.0. The molecule has 1 aliphatic heterocycles. The first-order valence-corrected chi connectivity index (χ1v) is 6.69. The smallest absolute Gasteiger partial charge is 0.341 e. The standard InChI is InChI=1S/C14H20N2O4/c1-8(10-5-15-6-10)13(17)16-7-11-4-12(9(2)20-11)14(18)19-3/h4,8,10,15H,5-7H2,1-3H3,(H,16,17). The molecule has 1 aliphatic rings. The molecule has 110 valence electrons. The maximum Gasteiger partial charge on any atom is 0.341 e. The molecule has 6 nitrogen and oxygen atoms in total. The van der Waals surface area contributed by atoms with Crippen molar-refractivity contribution in [3.8, 4) is 0 Å². The van der Waals surface area contributed by atoms with Gasteiger partial charge < -0.3 is 19.8 Å². The van der Waals surface area contributed by atoms with Crippen LogP contribution >= 0.6 is 0 Å². The fourth-order valence-corrected chi connectivity index (χ4v) is 2.16. The minimum Gasteiger partial charge on any atom is -0.465 e. The molecule has 2 heterocycles. The first kappa shape index (κ1) is 14.6. The van der Waals surface area contributed by atoms with E-state index in [1.54, 1.807) is 13.0 Å². The van der Waals surface area contributed by atoms with Crippen LogP contribution in [0.4, 0.5) is 0 Å². The number of carbonyl (C=O) groups excluding carboxylic acids is 2. The summed E-state index contributed by atoms with van der Waals surface area (Å²) in [6, 6.07) is 1.61. The van der Waals surface area contributed by atoms with Gasteiger partial charge in [-0.25, -0.2) is 4.79 Å². The van der Waals surface area contributed by atoms with Crippen molar-refractivity contribution in [2.45, 2.75) is 20.4 Å². The van der Waals surface area contributed by atoms with E-state index in [0.29, 0.717) is 23.0 Å². The Balaban J connectivity index is 1.90. The van der Waals surface area contributed by atoms with Crippen LogP contribution in [0, 0.1) is 18.8 Å². The van der Waals surface area contributed by atoms with E-state index in [9.17, 15) is 9.59 Å². The molecule has 0 bridgehead atoms. The lowest BCUT2D eigenvalue weighted by molar-refractivity contribution is -0.126. The van der Waals surface area contributed by atoms with Gasteiger partial charge in [-0.05, 0) is 32.0 Å². The third-order valence-corrected chi connectivity index (χ3v) is 3.74. The van der Waals surface area contributed by atoms with E-state index in [2.05, 4.69) is 15.4 Å². The van der Waals surface area contributed by atoms with E-state index in [4.69, 9.17) is 4.42 Å². The van der Waals surface area contributed by atoms with Gasteiger partial charge in [-0.3, -0.25) is 4.79 Å². The molecule has 1 aromatic rings. The Morgan fingerprint density at radius 1 is 1.55 bits per heavy atom. The van der Waals surface area contributed by atoms with Crippen molar-refractivity contribution >= 4 is 11.9 Å². The number of esters is 1. The van der Waals surface area contributed by atoms with Gasteiger partial charge in [0.05, 0.1) is 13.7 Å². The Morgan fingerprint density at radius 3 is 2.80 bits per heavy atom. The van der Waals surface area contributed by atoms with Gasteiger partial charge in [-0.15, -0.1) is 0 Å². The predicted molar refractivity (Wildman–Crippen MR) is 72.2 cm³/mol. The second-order valence-corrected chi connectivity index (χ2v) is 5.10. The molecule has 1 amide bonds. The minimum atomic E-state index is -0.433. The fourth-order valence-electron chi connectivity index (χ4n) is 2.16. The summed E-state index contributed by atoms with van der Waals surface area (Å²) in [5.41, 5.74) is 0.396. The average Bonchev–Trinajstić information content (AvgIpc) is 2.74. The fraction of sp³-hybridized carbons (Fsp3) is 0.571. The predicted octanol–water partition coefficient (Wildman–Crippen LogP) is 0.846. The number of carbonyl (C=O) groups is 2. The number of hydrogen-bond acceptors (Lipinski definition) is 5. The highest BCUT2D eigenvalue weighted by Gasteiger charge is 2.28. The molecule has 0 spiro atoms. The van der Waals surface area contributed by atoms with Gasteiger partial charge in [0.15, 0.2) is 0 Å². The lowest BCUT2D eigenvalue weighted by Crippen LogP contribution is -2.49. The third kappa shape index (κ3) is 3.01. The number of methoxy groups -OCH3 is 1. The zero-order valence-corrected chi connectivity index (χ0v) is 12.0. The van der Waals surface area contributed by atoms with E-state index >= 15 is 0 Å². The molecule has 0 saturated carbocycles. The molecule has 6 heteroatoms. The highest BCUT2D eigenvalue weighted by Crippen LogP contribution is 2.18. The molecule has 2 N–H and O–H groups in total. The van der Waals surface area contributed by atoms with Crippen LogP contribution in [0.1, 0.15) is 28.8 Å². The number of rotatable bonds is 5. The number of ether oxygens (including phenoxy) is 1. The van der Waals surface area contributed by atoms with E-state index in [1.165, 1.54) is 7.11 Å². The summed E-state index contributed by atoms with van der Waals surface area (Å²) in [7, 11) is 1.32. The van der Waals surface area contributed by atoms with E-state index < -0.39 is 5.97 Å². The Labute approximate surface area is 117 Å². The Kier molecular flexibility index (Phi) is 4.44. The summed E-state index contributed by atoms with van der Waals surface area (Å²) in [6.45, 7) is 5.68. The molecule has 1 unspecified atom stereocenters. The highest BCUT2D eigenvalue weighted by atomic mass is 16.5. The van der Waals surface area contributed by atoms with Gasteiger partial charge in [0.2, 0.25) is 5.91 Å². The summed E-state index contributed by atoms with van der Waals surface area (Å²) in [5, 5.41) is 5.98. The van der Waals surface area contributed by atoms with Crippen molar-refractivity contribution < 1.29 is 18.7 Å². The van der Waals surface area contributed by atoms with Crippen molar-refractivity contribution in [1.29, 1.82) is 0 Å². The molecule has 0 radical (unpaired) electrons. The molecular weight excluding hydrogens is 260 g/mol. The van der Waals surface area contributed by atoms with Gasteiger partial charge in [0, 0.05) is 5.92 Å². The topological polar surface area (TPSA) is 80.6 Å². The van der Waals surface area contributed by atoms with Crippen LogP contribution in [0.25, 0.3) is 0 Å². The summed E-state index contributed by atoms with van der Waals surface area (Å²) in [5.74, 6) is 1.00. The van der Waals surface area contributed by atoms with Gasteiger partial charge in [-0.1, -0.05) is 6.92 Å². The molecule has 1 fully saturated rings. The Hall–Kier alpha value is -1.82. The van der Waals surface area contributed by atoms with Gasteiger partial charge in [0.1, 0.15) is 17.1 Å². The van der Waals surface area contributed by atoms with Crippen LogP contribution in [0.3, 0.4) is 0 Å². The van der Waals surface area contributed by atoms with Crippen LogP contribution in [0.2, 0.25) is 0 Å². The molecule has 2 rings (SSSR count). The maximum absolute atomic E-state index is 12.0. The second kappa shape index (κ2) is 6.09. The lowest BCUT2D eigenvalue weighted by atomic mass is 9.88. The van der Waals surface area contributed by atoms with Crippen LogP contribution in [-0.4, -0.2) is 32.1 Å². The van der Waals surface area contributed by atoms with Crippen LogP contribution in [0.5, 0.6) is 0 Å². The molecule has 0 aliphatic carbocycles. The lowest BCUT2D eigenvalue weighted by Gasteiger charge is -2.31. The minimum absolute atomic E-state index is 0.00479. The van der Waals surface area contributed by atoms with Crippen molar-refractivity contribution in [2.24, 2.45) is 11.8 Å². The van der Waals surface area contributed by atoms with Crippen molar-refractivity contribution in [3.63, 3.8) is 0 Å². The number of furan rings is 1. The normalized spacial score (nSPS) is 16.4. The quantitative estimate of drug-likeness (QED) is 0.781. The summed E-state index contributed by atoms with van der Waals surface area (Å²) in [6.07, 6.45) is 0. The number of nitrogens with one attached hydrogen (secondary N) is 2. The third-order valence-electron chi connectivity index (χ3n) is 3.74. The average molecular weight is 280 g/mol. The van der Waals surface area contributed by atoms with Crippen molar-refractivity contribution in [1.82, 2.24) is 10.6 Å². The Morgan fingerprint density at radius 2 is 2.25 bits per heavy atom. The molecular formula is C14H20N2O4.